The fraction of sp³-hybridized carbons (Fsp3) is 0.600. The molecule has 1 aromatic heterocycles. The van der Waals surface area contributed by atoms with Crippen molar-refractivity contribution in [3.8, 4) is 0 Å². The van der Waals surface area contributed by atoms with Gasteiger partial charge < -0.3 is 10.3 Å². The molecular formula is C10H18N2. The standard InChI is InChI=1S/C10H18N2/c1-4-10(2,3)12-8-9-5-6-11-7-9/h5-7,11-12H,4,8H2,1-3H3. The number of aromatic nitrogens is 1. The quantitative estimate of drug-likeness (QED) is 0.705. The minimum absolute atomic E-state index is 0.247. The van der Waals surface area contributed by atoms with Crippen LogP contribution in [-0.4, -0.2) is 10.5 Å². The lowest BCUT2D eigenvalue weighted by molar-refractivity contribution is 0.374. The second-order valence-corrected chi connectivity index (χ2v) is 3.81. The van der Waals surface area contributed by atoms with E-state index in [4.69, 9.17) is 0 Å². The largest absolute Gasteiger partial charge is 0.367 e. The van der Waals surface area contributed by atoms with Crippen LogP contribution in [0.1, 0.15) is 32.8 Å². The lowest BCUT2D eigenvalue weighted by Crippen LogP contribution is -2.37. The zero-order valence-corrected chi connectivity index (χ0v) is 8.15. The van der Waals surface area contributed by atoms with Crippen LogP contribution in [0.2, 0.25) is 0 Å². The molecule has 0 radical (unpaired) electrons. The van der Waals surface area contributed by atoms with Crippen LogP contribution in [0.3, 0.4) is 0 Å². The Bertz CT molecular complexity index is 212. The summed E-state index contributed by atoms with van der Waals surface area (Å²) in [5, 5.41) is 3.49. The fourth-order valence-corrected chi connectivity index (χ4v) is 0.935. The van der Waals surface area contributed by atoms with Gasteiger partial charge in [0, 0.05) is 24.5 Å². The van der Waals surface area contributed by atoms with E-state index in [1.54, 1.807) is 0 Å². The van der Waals surface area contributed by atoms with Gasteiger partial charge in [0.05, 0.1) is 0 Å². The first-order valence-corrected chi connectivity index (χ1v) is 4.51. The van der Waals surface area contributed by atoms with Gasteiger partial charge in [-0.2, -0.15) is 0 Å². The van der Waals surface area contributed by atoms with Gasteiger partial charge in [-0.1, -0.05) is 6.92 Å². The van der Waals surface area contributed by atoms with E-state index in [1.165, 1.54) is 5.56 Å². The zero-order valence-electron chi connectivity index (χ0n) is 8.15. The third-order valence-corrected chi connectivity index (χ3v) is 2.32. The van der Waals surface area contributed by atoms with Crippen molar-refractivity contribution in [2.45, 2.75) is 39.3 Å². The van der Waals surface area contributed by atoms with Crippen molar-refractivity contribution < 1.29 is 0 Å². The van der Waals surface area contributed by atoms with Crippen LogP contribution in [0.25, 0.3) is 0 Å². The van der Waals surface area contributed by atoms with Gasteiger partial charge >= 0.3 is 0 Å². The minimum atomic E-state index is 0.247. The molecule has 1 rings (SSSR count). The molecule has 0 aliphatic heterocycles. The highest BCUT2D eigenvalue weighted by Crippen LogP contribution is 2.08. The Morgan fingerprint density at radius 1 is 1.50 bits per heavy atom. The molecule has 0 amide bonds. The maximum absolute atomic E-state index is 3.49. The summed E-state index contributed by atoms with van der Waals surface area (Å²) in [6, 6.07) is 2.10. The van der Waals surface area contributed by atoms with E-state index in [0.29, 0.717) is 0 Å². The highest BCUT2D eigenvalue weighted by molar-refractivity contribution is 5.08. The Balaban J connectivity index is 2.36. The Labute approximate surface area is 74.4 Å². The molecule has 0 aromatic carbocycles. The number of aromatic amines is 1. The predicted octanol–water partition coefficient (Wildman–Crippen LogP) is 2.29. The lowest BCUT2D eigenvalue weighted by Gasteiger charge is -2.24. The molecular weight excluding hydrogens is 148 g/mol. The summed E-state index contributed by atoms with van der Waals surface area (Å²) in [5.41, 5.74) is 1.56. The zero-order chi connectivity index (χ0) is 9.03. The third kappa shape index (κ3) is 2.70. The molecule has 1 aromatic rings. The summed E-state index contributed by atoms with van der Waals surface area (Å²) in [6.45, 7) is 7.59. The molecule has 0 saturated heterocycles. The van der Waals surface area contributed by atoms with Crippen molar-refractivity contribution in [2.75, 3.05) is 0 Å². The highest BCUT2D eigenvalue weighted by Gasteiger charge is 2.12. The van der Waals surface area contributed by atoms with Crippen molar-refractivity contribution in [1.29, 1.82) is 0 Å². The van der Waals surface area contributed by atoms with Gasteiger partial charge in [0.25, 0.3) is 0 Å². The van der Waals surface area contributed by atoms with Crippen LogP contribution in [0.15, 0.2) is 18.5 Å². The molecule has 2 N–H and O–H groups in total. The maximum atomic E-state index is 3.49. The molecule has 1 heterocycles. The molecule has 0 atom stereocenters. The number of hydrogen-bond acceptors (Lipinski definition) is 1. The van der Waals surface area contributed by atoms with Gasteiger partial charge in [-0.05, 0) is 31.9 Å². The van der Waals surface area contributed by atoms with Crippen molar-refractivity contribution >= 4 is 0 Å². The molecule has 0 bridgehead atoms. The first-order chi connectivity index (χ1) is 5.64. The second kappa shape index (κ2) is 3.76. The molecule has 2 nitrogen and oxygen atoms in total. The highest BCUT2D eigenvalue weighted by atomic mass is 14.9. The lowest BCUT2D eigenvalue weighted by atomic mass is 10.0. The molecule has 12 heavy (non-hydrogen) atoms. The Morgan fingerprint density at radius 3 is 2.75 bits per heavy atom. The van der Waals surface area contributed by atoms with Gasteiger partial charge in [0.1, 0.15) is 0 Å². The SMILES string of the molecule is CCC(C)(C)NCc1cc[nH]c1. The van der Waals surface area contributed by atoms with Crippen molar-refractivity contribution in [1.82, 2.24) is 10.3 Å². The van der Waals surface area contributed by atoms with Crippen LogP contribution < -0.4 is 5.32 Å². The second-order valence-electron chi connectivity index (χ2n) is 3.81. The fourth-order valence-electron chi connectivity index (χ4n) is 0.935. The first-order valence-electron chi connectivity index (χ1n) is 4.51. The summed E-state index contributed by atoms with van der Waals surface area (Å²) < 4.78 is 0. The van der Waals surface area contributed by atoms with Crippen LogP contribution >= 0.6 is 0 Å². The summed E-state index contributed by atoms with van der Waals surface area (Å²) in [7, 11) is 0. The molecule has 68 valence electrons. The van der Waals surface area contributed by atoms with Crippen LogP contribution in [0.4, 0.5) is 0 Å². The summed E-state index contributed by atoms with van der Waals surface area (Å²) >= 11 is 0. The molecule has 2 heteroatoms. The van der Waals surface area contributed by atoms with Gasteiger partial charge in [-0.25, -0.2) is 0 Å². The van der Waals surface area contributed by atoms with E-state index in [-0.39, 0.29) is 5.54 Å². The van der Waals surface area contributed by atoms with E-state index in [0.717, 1.165) is 13.0 Å². The monoisotopic (exact) mass is 166 g/mol. The summed E-state index contributed by atoms with van der Waals surface area (Å²) in [5.74, 6) is 0. The molecule has 0 fully saturated rings. The summed E-state index contributed by atoms with van der Waals surface area (Å²) in [6.07, 6.45) is 5.13. The maximum Gasteiger partial charge on any atom is 0.0225 e. The Kier molecular flexibility index (Phi) is 2.93. The van der Waals surface area contributed by atoms with Crippen LogP contribution in [0, 0.1) is 0 Å². The summed E-state index contributed by atoms with van der Waals surface area (Å²) in [4.78, 5) is 3.04. The third-order valence-electron chi connectivity index (χ3n) is 2.32. The van der Waals surface area contributed by atoms with Gasteiger partial charge in [-0.3, -0.25) is 0 Å². The number of nitrogens with one attached hydrogen (secondary N) is 2. The Morgan fingerprint density at radius 2 is 2.25 bits per heavy atom. The van der Waals surface area contributed by atoms with E-state index in [1.807, 2.05) is 12.4 Å². The Hall–Kier alpha value is -0.760. The van der Waals surface area contributed by atoms with Gasteiger partial charge in [-0.15, -0.1) is 0 Å². The van der Waals surface area contributed by atoms with Crippen molar-refractivity contribution in [2.24, 2.45) is 0 Å². The number of H-pyrrole nitrogens is 1. The average Bonchev–Trinajstić information content (AvgIpc) is 2.53. The van der Waals surface area contributed by atoms with Gasteiger partial charge in [0.15, 0.2) is 0 Å². The topological polar surface area (TPSA) is 27.8 Å². The first kappa shape index (κ1) is 9.33. The van der Waals surface area contributed by atoms with Crippen molar-refractivity contribution in [3.63, 3.8) is 0 Å². The predicted molar refractivity (Wildman–Crippen MR) is 52.0 cm³/mol. The number of hydrogen-bond donors (Lipinski definition) is 2. The van der Waals surface area contributed by atoms with Crippen LogP contribution in [0.5, 0.6) is 0 Å². The van der Waals surface area contributed by atoms with E-state index in [2.05, 4.69) is 37.1 Å². The van der Waals surface area contributed by atoms with E-state index in [9.17, 15) is 0 Å². The van der Waals surface area contributed by atoms with E-state index < -0.39 is 0 Å². The molecule has 0 aliphatic carbocycles. The molecule has 0 spiro atoms. The molecule has 0 saturated carbocycles. The van der Waals surface area contributed by atoms with Crippen LogP contribution in [-0.2, 0) is 6.54 Å². The minimum Gasteiger partial charge on any atom is -0.367 e. The average molecular weight is 166 g/mol. The van der Waals surface area contributed by atoms with Crippen molar-refractivity contribution in [3.05, 3.63) is 24.0 Å². The number of rotatable bonds is 4. The van der Waals surface area contributed by atoms with E-state index >= 15 is 0 Å². The normalized spacial score (nSPS) is 11.9. The van der Waals surface area contributed by atoms with Gasteiger partial charge in [0.2, 0.25) is 0 Å². The molecule has 0 aliphatic rings. The molecule has 0 unspecified atom stereocenters. The smallest absolute Gasteiger partial charge is 0.0225 e.